The molecule has 19 heavy (non-hydrogen) atoms. The molecule has 1 aromatic carbocycles. The Hall–Kier alpha value is -2.06. The van der Waals surface area contributed by atoms with Gasteiger partial charge in [0.25, 0.3) is 5.69 Å². The van der Waals surface area contributed by atoms with E-state index >= 15 is 0 Å². The maximum atomic E-state index is 11.7. The zero-order valence-corrected chi connectivity index (χ0v) is 10.6. The van der Waals surface area contributed by atoms with Crippen LogP contribution in [0.1, 0.15) is 6.42 Å². The summed E-state index contributed by atoms with van der Waals surface area (Å²) in [6, 6.07) is 4.24. The van der Waals surface area contributed by atoms with Crippen LogP contribution >= 0.6 is 0 Å². The maximum absolute atomic E-state index is 11.7. The summed E-state index contributed by atoms with van der Waals surface area (Å²) in [6.07, 6.45) is 1.48. The van der Waals surface area contributed by atoms with Gasteiger partial charge in [0.15, 0.2) is 0 Å². The van der Waals surface area contributed by atoms with Crippen LogP contribution in [0.2, 0.25) is 0 Å². The SMILES string of the molecule is NC(C/C=C/S(=O)c1ccc([N+](=O)[O-])cc1)C(=O)O. The Balaban J connectivity index is 2.65. The Morgan fingerprint density at radius 2 is 2.05 bits per heavy atom. The molecule has 0 saturated carbocycles. The zero-order valence-electron chi connectivity index (χ0n) is 9.76. The Labute approximate surface area is 111 Å². The number of hydrogen-bond acceptors (Lipinski definition) is 5. The lowest BCUT2D eigenvalue weighted by atomic mass is 10.2. The number of nitrogens with two attached hydrogens (primary N) is 1. The highest BCUT2D eigenvalue weighted by Gasteiger charge is 2.09. The predicted molar refractivity (Wildman–Crippen MR) is 68.9 cm³/mol. The molecule has 0 aromatic heterocycles. The molecule has 0 bridgehead atoms. The van der Waals surface area contributed by atoms with Crippen molar-refractivity contribution >= 4 is 22.5 Å². The smallest absolute Gasteiger partial charge is 0.320 e. The average molecular weight is 284 g/mol. The minimum absolute atomic E-state index is 0.0635. The van der Waals surface area contributed by atoms with Crippen LogP contribution in [0.3, 0.4) is 0 Å². The van der Waals surface area contributed by atoms with Gasteiger partial charge in [0.1, 0.15) is 6.04 Å². The van der Waals surface area contributed by atoms with E-state index in [-0.39, 0.29) is 12.1 Å². The molecule has 102 valence electrons. The van der Waals surface area contributed by atoms with Gasteiger partial charge in [-0.2, -0.15) is 0 Å². The minimum atomic E-state index is -1.49. The van der Waals surface area contributed by atoms with E-state index in [9.17, 15) is 19.1 Å². The van der Waals surface area contributed by atoms with Crippen molar-refractivity contribution in [3.05, 3.63) is 45.9 Å². The first-order chi connectivity index (χ1) is 8.91. The predicted octanol–water partition coefficient (Wildman–Crippen LogP) is 1.02. The maximum Gasteiger partial charge on any atom is 0.320 e. The van der Waals surface area contributed by atoms with Crippen molar-refractivity contribution in [2.75, 3.05) is 0 Å². The molecule has 8 heteroatoms. The average Bonchev–Trinajstić information content (AvgIpc) is 2.38. The van der Waals surface area contributed by atoms with Gasteiger partial charge in [0.05, 0.1) is 15.7 Å². The van der Waals surface area contributed by atoms with Gasteiger partial charge < -0.3 is 10.8 Å². The van der Waals surface area contributed by atoms with Gasteiger partial charge in [-0.1, -0.05) is 6.08 Å². The molecule has 0 saturated heterocycles. The summed E-state index contributed by atoms with van der Waals surface area (Å²) in [7, 11) is -1.49. The van der Waals surface area contributed by atoms with Crippen LogP contribution in [0.15, 0.2) is 40.6 Å². The first kappa shape index (κ1) is 15.0. The van der Waals surface area contributed by atoms with Crippen molar-refractivity contribution in [2.24, 2.45) is 5.73 Å². The molecule has 1 aromatic rings. The Kier molecular flexibility index (Phi) is 5.34. The highest BCUT2D eigenvalue weighted by atomic mass is 32.2. The molecule has 2 atom stereocenters. The van der Waals surface area contributed by atoms with Crippen molar-refractivity contribution in [1.29, 1.82) is 0 Å². The lowest BCUT2D eigenvalue weighted by molar-refractivity contribution is -0.384. The van der Waals surface area contributed by atoms with Gasteiger partial charge >= 0.3 is 5.97 Å². The number of carboxylic acid groups (broad SMARTS) is 1. The number of benzene rings is 1. The van der Waals surface area contributed by atoms with Gasteiger partial charge in [-0.15, -0.1) is 0 Å². The number of rotatable bonds is 6. The number of carbonyl (C=O) groups is 1. The normalized spacial score (nSPS) is 14.2. The third-order valence-corrected chi connectivity index (χ3v) is 3.38. The molecule has 0 aliphatic carbocycles. The number of aliphatic carboxylic acids is 1. The van der Waals surface area contributed by atoms with E-state index in [1.165, 1.54) is 35.7 Å². The van der Waals surface area contributed by atoms with Crippen molar-refractivity contribution in [1.82, 2.24) is 0 Å². The van der Waals surface area contributed by atoms with E-state index in [0.717, 1.165) is 0 Å². The van der Waals surface area contributed by atoms with Crippen molar-refractivity contribution < 1.29 is 19.0 Å². The quantitative estimate of drug-likeness (QED) is 0.593. The summed E-state index contributed by atoms with van der Waals surface area (Å²) in [5.41, 5.74) is 5.18. The molecule has 0 aliphatic heterocycles. The topological polar surface area (TPSA) is 124 Å². The van der Waals surface area contributed by atoms with Crippen molar-refractivity contribution in [3.63, 3.8) is 0 Å². The second-order valence-corrected chi connectivity index (χ2v) is 4.94. The molecule has 3 N–H and O–H groups in total. The lowest BCUT2D eigenvalue weighted by Gasteiger charge is -2.00. The second kappa shape index (κ2) is 6.76. The Bertz CT molecular complexity index is 526. The van der Waals surface area contributed by atoms with E-state index in [4.69, 9.17) is 10.8 Å². The molecule has 0 amide bonds. The molecule has 0 radical (unpaired) electrons. The van der Waals surface area contributed by atoms with Crippen LogP contribution in [-0.4, -0.2) is 26.2 Å². The fraction of sp³-hybridized carbons (Fsp3) is 0.182. The zero-order chi connectivity index (χ0) is 14.4. The number of non-ortho nitro benzene ring substituents is 1. The van der Waals surface area contributed by atoms with Gasteiger partial charge in [0.2, 0.25) is 0 Å². The highest BCUT2D eigenvalue weighted by molar-refractivity contribution is 7.88. The lowest BCUT2D eigenvalue weighted by Crippen LogP contribution is -2.29. The largest absolute Gasteiger partial charge is 0.480 e. The van der Waals surface area contributed by atoms with E-state index in [1.807, 2.05) is 0 Å². The van der Waals surface area contributed by atoms with E-state index < -0.39 is 27.7 Å². The molecule has 0 spiro atoms. The minimum Gasteiger partial charge on any atom is -0.480 e. The fourth-order valence-corrected chi connectivity index (χ4v) is 2.02. The van der Waals surface area contributed by atoms with Crippen LogP contribution in [0, 0.1) is 10.1 Å². The third-order valence-electron chi connectivity index (χ3n) is 2.21. The summed E-state index contributed by atoms with van der Waals surface area (Å²) < 4.78 is 11.7. The first-order valence-electron chi connectivity index (χ1n) is 5.22. The number of hydrogen-bond donors (Lipinski definition) is 2. The number of nitrogens with zero attached hydrogens (tertiary/aromatic N) is 1. The van der Waals surface area contributed by atoms with Crippen LogP contribution in [0.4, 0.5) is 5.69 Å². The number of nitro benzene ring substituents is 1. The first-order valence-corrected chi connectivity index (χ1v) is 6.43. The molecule has 0 fully saturated rings. The number of carboxylic acids is 1. The van der Waals surface area contributed by atoms with Crippen LogP contribution in [0.5, 0.6) is 0 Å². The van der Waals surface area contributed by atoms with Gasteiger partial charge in [0, 0.05) is 22.4 Å². The van der Waals surface area contributed by atoms with Crippen molar-refractivity contribution in [3.8, 4) is 0 Å². The van der Waals surface area contributed by atoms with Gasteiger partial charge in [-0.25, -0.2) is 4.21 Å². The molecule has 0 heterocycles. The molecule has 1 rings (SSSR count). The summed E-state index contributed by atoms with van der Waals surface area (Å²) in [6.45, 7) is 0. The second-order valence-electron chi connectivity index (χ2n) is 3.60. The van der Waals surface area contributed by atoms with E-state index in [2.05, 4.69) is 0 Å². The molecule has 7 nitrogen and oxygen atoms in total. The summed E-state index contributed by atoms with van der Waals surface area (Å²) in [4.78, 5) is 20.7. The van der Waals surface area contributed by atoms with E-state index in [0.29, 0.717) is 4.90 Å². The fourth-order valence-electron chi connectivity index (χ4n) is 1.17. The van der Waals surface area contributed by atoms with Gasteiger partial charge in [-0.3, -0.25) is 14.9 Å². The Morgan fingerprint density at radius 3 is 2.53 bits per heavy atom. The van der Waals surface area contributed by atoms with Crippen LogP contribution in [-0.2, 0) is 15.6 Å². The summed E-state index contributed by atoms with van der Waals surface area (Å²) in [5, 5.41) is 20.3. The third kappa shape index (κ3) is 4.60. The van der Waals surface area contributed by atoms with Gasteiger partial charge in [-0.05, 0) is 18.6 Å². The number of nitro groups is 1. The molecular formula is C11H12N2O5S. The molecule has 2 unspecified atom stereocenters. The van der Waals surface area contributed by atoms with Crippen LogP contribution < -0.4 is 5.73 Å². The summed E-state index contributed by atoms with van der Waals surface area (Å²) >= 11 is 0. The standard InChI is InChI=1S/C11H12N2O5S/c12-10(11(14)15)2-1-7-19(18)9-5-3-8(4-6-9)13(16)17/h1,3-7,10H,2,12H2,(H,14,15)/b7-1+. The van der Waals surface area contributed by atoms with Crippen LogP contribution in [0.25, 0.3) is 0 Å². The highest BCUT2D eigenvalue weighted by Crippen LogP contribution is 2.15. The summed E-state index contributed by atoms with van der Waals surface area (Å²) in [5.74, 6) is -1.13. The monoisotopic (exact) mass is 284 g/mol. The molecular weight excluding hydrogens is 272 g/mol. The van der Waals surface area contributed by atoms with E-state index in [1.54, 1.807) is 0 Å². The Morgan fingerprint density at radius 1 is 1.47 bits per heavy atom. The van der Waals surface area contributed by atoms with Crippen molar-refractivity contribution in [2.45, 2.75) is 17.4 Å². The molecule has 0 aliphatic rings.